The van der Waals surface area contributed by atoms with E-state index in [1.54, 1.807) is 0 Å². The lowest BCUT2D eigenvalue weighted by Crippen LogP contribution is -2.70. The molecule has 4 fully saturated rings. The predicted molar refractivity (Wildman–Crippen MR) is 60.3 cm³/mol. The maximum absolute atomic E-state index is 2.65. The molecule has 3 saturated heterocycles. The van der Waals surface area contributed by atoms with E-state index in [-0.39, 0.29) is 7.43 Å². The molecular weight excluding hydrogens is 172 g/mol. The van der Waals surface area contributed by atoms with Crippen LogP contribution in [-0.4, -0.2) is 54.7 Å². The second-order valence-electron chi connectivity index (χ2n) is 5.17. The normalized spacial score (nSPS) is 42.4. The standard InChI is InChI=1S/C11H21N2.CH4/c1-2-4-11(3-1)13-8-5-12(6-9-13)7-10-13;/h11H,1-10H2;1H4/q+1;. The fraction of sp³-hybridized carbons (Fsp3) is 1.00. The summed E-state index contributed by atoms with van der Waals surface area (Å²) in [5, 5.41) is 0. The first-order chi connectivity index (χ1) is 6.39. The summed E-state index contributed by atoms with van der Waals surface area (Å²) in [5.74, 6) is 0. The first-order valence-electron chi connectivity index (χ1n) is 5.97. The van der Waals surface area contributed by atoms with Crippen LogP contribution in [-0.2, 0) is 0 Å². The van der Waals surface area contributed by atoms with Crippen molar-refractivity contribution in [3.63, 3.8) is 0 Å². The Balaban J connectivity index is 0.000000750. The van der Waals surface area contributed by atoms with E-state index in [9.17, 15) is 0 Å². The Morgan fingerprint density at radius 1 is 0.857 bits per heavy atom. The summed E-state index contributed by atoms with van der Waals surface area (Å²) in [5.41, 5.74) is 0. The van der Waals surface area contributed by atoms with Gasteiger partial charge in [-0.15, -0.1) is 0 Å². The average Bonchev–Trinajstić information content (AvgIpc) is 2.74. The summed E-state index contributed by atoms with van der Waals surface area (Å²) in [6.45, 7) is 8.55. The topological polar surface area (TPSA) is 3.24 Å². The molecule has 14 heavy (non-hydrogen) atoms. The molecule has 2 nitrogen and oxygen atoms in total. The minimum atomic E-state index is 0. The van der Waals surface area contributed by atoms with Crippen molar-refractivity contribution in [1.29, 1.82) is 0 Å². The molecule has 1 saturated carbocycles. The SMILES string of the molecule is C.C1CCC([N+]23CCN(CC2)CC3)C1. The molecule has 0 N–H and O–H groups in total. The maximum Gasteiger partial charge on any atom is 0.0918 e. The minimum Gasteiger partial charge on any atom is -0.318 e. The van der Waals surface area contributed by atoms with E-state index in [1.165, 1.54) is 69.4 Å². The first-order valence-corrected chi connectivity index (χ1v) is 5.97. The highest BCUT2D eigenvalue weighted by Crippen LogP contribution is 2.33. The van der Waals surface area contributed by atoms with Gasteiger partial charge in [0.1, 0.15) is 0 Å². The quantitative estimate of drug-likeness (QED) is 0.579. The van der Waals surface area contributed by atoms with Crippen molar-refractivity contribution in [2.75, 3.05) is 39.3 Å². The summed E-state index contributed by atoms with van der Waals surface area (Å²) < 4.78 is 1.51. The van der Waals surface area contributed by atoms with Gasteiger partial charge in [-0.2, -0.15) is 0 Å². The van der Waals surface area contributed by atoms with Crippen molar-refractivity contribution in [1.82, 2.24) is 4.90 Å². The highest BCUT2D eigenvalue weighted by molar-refractivity contribution is 4.77. The van der Waals surface area contributed by atoms with Gasteiger partial charge in [0.25, 0.3) is 0 Å². The zero-order valence-corrected chi connectivity index (χ0v) is 8.54. The molecule has 1 aliphatic carbocycles. The summed E-state index contributed by atoms with van der Waals surface area (Å²) in [7, 11) is 0. The van der Waals surface area contributed by atoms with E-state index in [2.05, 4.69) is 4.90 Å². The second kappa shape index (κ2) is 3.82. The molecule has 0 atom stereocenters. The van der Waals surface area contributed by atoms with Crippen LogP contribution >= 0.6 is 0 Å². The Bertz CT molecular complexity index is 175. The van der Waals surface area contributed by atoms with Gasteiger partial charge in [0.2, 0.25) is 0 Å². The van der Waals surface area contributed by atoms with Crippen molar-refractivity contribution < 1.29 is 4.48 Å². The van der Waals surface area contributed by atoms with Crippen LogP contribution in [0.1, 0.15) is 33.1 Å². The lowest BCUT2D eigenvalue weighted by molar-refractivity contribution is -0.962. The van der Waals surface area contributed by atoms with Crippen LogP contribution in [0.15, 0.2) is 0 Å². The van der Waals surface area contributed by atoms with Crippen LogP contribution in [0.3, 0.4) is 0 Å². The third-order valence-electron chi connectivity index (χ3n) is 4.68. The van der Waals surface area contributed by atoms with E-state index in [0.29, 0.717) is 0 Å². The molecule has 3 aliphatic heterocycles. The van der Waals surface area contributed by atoms with Crippen LogP contribution in [0, 0.1) is 0 Å². The van der Waals surface area contributed by atoms with Crippen molar-refractivity contribution >= 4 is 0 Å². The van der Waals surface area contributed by atoms with Gasteiger partial charge in [0.05, 0.1) is 25.7 Å². The zero-order valence-electron chi connectivity index (χ0n) is 8.54. The van der Waals surface area contributed by atoms with Crippen LogP contribution in [0.2, 0.25) is 0 Å². The van der Waals surface area contributed by atoms with Crippen LogP contribution in [0.25, 0.3) is 0 Å². The van der Waals surface area contributed by atoms with Crippen LogP contribution in [0.4, 0.5) is 0 Å². The van der Waals surface area contributed by atoms with Gasteiger partial charge < -0.3 is 4.48 Å². The van der Waals surface area contributed by atoms with E-state index in [0.717, 1.165) is 6.04 Å². The van der Waals surface area contributed by atoms with Gasteiger partial charge in [-0.25, -0.2) is 0 Å². The summed E-state index contributed by atoms with van der Waals surface area (Å²) in [6, 6.07) is 1.06. The Morgan fingerprint density at radius 3 is 1.86 bits per heavy atom. The fourth-order valence-corrected chi connectivity index (χ4v) is 3.69. The van der Waals surface area contributed by atoms with Crippen molar-refractivity contribution in [3.05, 3.63) is 0 Å². The Kier molecular flexibility index (Phi) is 2.85. The minimum absolute atomic E-state index is 0. The molecule has 0 amide bonds. The first kappa shape index (κ1) is 10.4. The van der Waals surface area contributed by atoms with Gasteiger partial charge in [-0.3, -0.25) is 4.90 Å². The van der Waals surface area contributed by atoms with E-state index >= 15 is 0 Å². The second-order valence-corrected chi connectivity index (χ2v) is 5.17. The zero-order chi connectivity index (χ0) is 8.73. The maximum atomic E-state index is 2.65. The molecule has 2 bridgehead atoms. The number of quaternary nitrogens is 1. The summed E-state index contributed by atoms with van der Waals surface area (Å²) >= 11 is 0. The van der Waals surface area contributed by atoms with Gasteiger partial charge >= 0.3 is 0 Å². The number of hydrogen-bond donors (Lipinski definition) is 0. The predicted octanol–water partition coefficient (Wildman–Crippen LogP) is 1.71. The van der Waals surface area contributed by atoms with Crippen molar-refractivity contribution in [2.45, 2.75) is 39.2 Å². The molecule has 4 rings (SSSR count). The third-order valence-corrected chi connectivity index (χ3v) is 4.68. The van der Waals surface area contributed by atoms with Gasteiger partial charge in [-0.1, -0.05) is 7.43 Å². The lowest BCUT2D eigenvalue weighted by atomic mass is 10.0. The molecule has 0 aromatic rings. The summed E-state index contributed by atoms with van der Waals surface area (Å²) in [6.07, 6.45) is 6.07. The Hall–Kier alpha value is -0.0800. The molecule has 82 valence electrons. The monoisotopic (exact) mass is 197 g/mol. The molecule has 0 aromatic carbocycles. The summed E-state index contributed by atoms with van der Waals surface area (Å²) in [4.78, 5) is 2.65. The largest absolute Gasteiger partial charge is 0.318 e. The molecule has 2 heteroatoms. The van der Waals surface area contributed by atoms with Crippen molar-refractivity contribution in [3.8, 4) is 0 Å². The fourth-order valence-electron chi connectivity index (χ4n) is 3.69. The molecule has 0 aromatic heterocycles. The molecule has 0 radical (unpaired) electrons. The highest BCUT2D eigenvalue weighted by Gasteiger charge is 2.44. The Labute approximate surface area is 88.5 Å². The molecule has 0 spiro atoms. The average molecular weight is 197 g/mol. The molecular formula is C12H25N2+. The number of nitrogens with zero attached hydrogens (tertiary/aromatic N) is 2. The van der Waals surface area contributed by atoms with Crippen LogP contribution in [0.5, 0.6) is 0 Å². The van der Waals surface area contributed by atoms with E-state index < -0.39 is 0 Å². The van der Waals surface area contributed by atoms with Crippen LogP contribution < -0.4 is 0 Å². The number of rotatable bonds is 1. The molecule has 3 heterocycles. The van der Waals surface area contributed by atoms with E-state index in [4.69, 9.17) is 0 Å². The highest BCUT2D eigenvalue weighted by atomic mass is 15.5. The van der Waals surface area contributed by atoms with E-state index in [1.807, 2.05) is 0 Å². The third kappa shape index (κ3) is 1.49. The molecule has 4 aliphatic rings. The van der Waals surface area contributed by atoms with Gasteiger partial charge in [0.15, 0.2) is 0 Å². The lowest BCUT2D eigenvalue weighted by Gasteiger charge is -2.53. The smallest absolute Gasteiger partial charge is 0.0918 e. The van der Waals surface area contributed by atoms with Crippen molar-refractivity contribution in [2.24, 2.45) is 0 Å². The van der Waals surface area contributed by atoms with Gasteiger partial charge in [-0.05, 0) is 25.7 Å². The Morgan fingerprint density at radius 2 is 1.36 bits per heavy atom. The molecule has 0 unspecified atom stereocenters. The number of piperazine rings is 3. The number of hydrogen-bond acceptors (Lipinski definition) is 1. The number of fused-ring (bicyclic) bond motifs is 3. The van der Waals surface area contributed by atoms with Gasteiger partial charge in [0, 0.05) is 19.6 Å².